The summed E-state index contributed by atoms with van der Waals surface area (Å²) in [5, 5.41) is 0.731. The number of nitrogens with two attached hydrogens (primary N) is 1. The Morgan fingerprint density at radius 2 is 2.25 bits per heavy atom. The molecular formula is C12H14ClN3. The van der Waals surface area contributed by atoms with Crippen molar-refractivity contribution < 1.29 is 0 Å². The molecule has 84 valence electrons. The van der Waals surface area contributed by atoms with Crippen molar-refractivity contribution in [1.29, 1.82) is 0 Å². The Hall–Kier alpha value is -1.06. The first-order valence-electron chi connectivity index (χ1n) is 5.49. The molecule has 1 aromatic carbocycles. The summed E-state index contributed by atoms with van der Waals surface area (Å²) in [7, 11) is 2.05. The molecule has 1 aliphatic carbocycles. The van der Waals surface area contributed by atoms with E-state index in [1.807, 2.05) is 25.2 Å². The zero-order chi connectivity index (χ0) is 11.3. The lowest BCUT2D eigenvalue weighted by Crippen LogP contribution is -2.23. The van der Waals surface area contributed by atoms with Gasteiger partial charge in [-0.2, -0.15) is 0 Å². The maximum absolute atomic E-state index is 5.97. The molecule has 1 aliphatic rings. The van der Waals surface area contributed by atoms with Crippen LogP contribution in [-0.2, 0) is 12.5 Å². The standard InChI is InChI=1S/C12H14ClN3/c1-16-10-3-2-8(13)6-9(10)15-11(16)12(7-14)4-5-12/h2-3,6H,4-5,7,14H2,1H3. The van der Waals surface area contributed by atoms with Crippen molar-refractivity contribution in [3.05, 3.63) is 29.0 Å². The van der Waals surface area contributed by atoms with Crippen LogP contribution in [0, 0.1) is 0 Å². The Kier molecular flexibility index (Phi) is 2.03. The van der Waals surface area contributed by atoms with Crippen molar-refractivity contribution in [3.63, 3.8) is 0 Å². The normalized spacial score (nSPS) is 17.9. The second-order valence-electron chi connectivity index (χ2n) is 4.61. The summed E-state index contributed by atoms with van der Waals surface area (Å²) in [5.41, 5.74) is 8.05. The van der Waals surface area contributed by atoms with Gasteiger partial charge in [0.1, 0.15) is 5.82 Å². The summed E-state index contributed by atoms with van der Waals surface area (Å²) >= 11 is 5.97. The fourth-order valence-corrected chi connectivity index (χ4v) is 2.48. The highest BCUT2D eigenvalue weighted by atomic mass is 35.5. The number of rotatable bonds is 2. The largest absolute Gasteiger partial charge is 0.331 e. The molecule has 0 spiro atoms. The lowest BCUT2D eigenvalue weighted by Gasteiger charge is -2.11. The quantitative estimate of drug-likeness (QED) is 0.868. The molecule has 1 saturated carbocycles. The molecule has 4 heteroatoms. The van der Waals surface area contributed by atoms with Crippen molar-refractivity contribution in [3.8, 4) is 0 Å². The van der Waals surface area contributed by atoms with Crippen LogP contribution in [0.5, 0.6) is 0 Å². The van der Waals surface area contributed by atoms with E-state index >= 15 is 0 Å². The van der Waals surface area contributed by atoms with Gasteiger partial charge < -0.3 is 10.3 Å². The zero-order valence-corrected chi connectivity index (χ0v) is 9.96. The summed E-state index contributed by atoms with van der Waals surface area (Å²) in [6, 6.07) is 5.82. The van der Waals surface area contributed by atoms with Crippen LogP contribution < -0.4 is 5.73 Å². The van der Waals surface area contributed by atoms with Crippen LogP contribution in [0.3, 0.4) is 0 Å². The number of aryl methyl sites for hydroxylation is 1. The van der Waals surface area contributed by atoms with E-state index in [1.165, 1.54) is 0 Å². The van der Waals surface area contributed by atoms with Gasteiger partial charge in [0.25, 0.3) is 0 Å². The zero-order valence-electron chi connectivity index (χ0n) is 9.20. The average molecular weight is 236 g/mol. The van der Waals surface area contributed by atoms with E-state index in [9.17, 15) is 0 Å². The van der Waals surface area contributed by atoms with Crippen molar-refractivity contribution in [1.82, 2.24) is 9.55 Å². The molecule has 0 aliphatic heterocycles. The van der Waals surface area contributed by atoms with Gasteiger partial charge in [-0.15, -0.1) is 0 Å². The van der Waals surface area contributed by atoms with Crippen molar-refractivity contribution >= 4 is 22.6 Å². The molecule has 1 fully saturated rings. The number of nitrogens with zero attached hydrogens (tertiary/aromatic N) is 2. The lowest BCUT2D eigenvalue weighted by molar-refractivity contribution is 0.621. The molecule has 0 saturated heterocycles. The molecule has 0 unspecified atom stereocenters. The highest BCUT2D eigenvalue weighted by molar-refractivity contribution is 6.31. The van der Waals surface area contributed by atoms with E-state index in [4.69, 9.17) is 17.3 Å². The predicted octanol–water partition coefficient (Wildman–Crippen LogP) is 2.22. The molecule has 0 bridgehead atoms. The SMILES string of the molecule is Cn1c(C2(CN)CC2)nc2cc(Cl)ccc21. The maximum atomic E-state index is 5.97. The number of hydrogen-bond acceptors (Lipinski definition) is 2. The minimum atomic E-state index is 0.125. The van der Waals surface area contributed by atoms with Crippen LogP contribution in [0.15, 0.2) is 18.2 Å². The monoisotopic (exact) mass is 235 g/mol. The first-order valence-corrected chi connectivity index (χ1v) is 5.87. The second kappa shape index (κ2) is 3.22. The molecule has 3 nitrogen and oxygen atoms in total. The van der Waals surface area contributed by atoms with Gasteiger partial charge in [-0.05, 0) is 31.0 Å². The Labute approximate surface area is 99.2 Å². The number of halogens is 1. The molecule has 0 atom stereocenters. The molecule has 16 heavy (non-hydrogen) atoms. The number of fused-ring (bicyclic) bond motifs is 1. The number of imidazole rings is 1. The van der Waals surface area contributed by atoms with E-state index in [0.29, 0.717) is 6.54 Å². The van der Waals surface area contributed by atoms with Gasteiger partial charge in [0, 0.05) is 24.0 Å². The predicted molar refractivity (Wildman–Crippen MR) is 65.7 cm³/mol. The van der Waals surface area contributed by atoms with Gasteiger partial charge in [-0.25, -0.2) is 4.98 Å². The summed E-state index contributed by atoms with van der Waals surface area (Å²) in [4.78, 5) is 4.68. The third-order valence-electron chi connectivity index (χ3n) is 3.56. The first kappa shape index (κ1) is 10.1. The van der Waals surface area contributed by atoms with E-state index in [2.05, 4.69) is 9.55 Å². The molecule has 2 N–H and O–H groups in total. The van der Waals surface area contributed by atoms with Gasteiger partial charge >= 0.3 is 0 Å². The maximum Gasteiger partial charge on any atom is 0.117 e. The lowest BCUT2D eigenvalue weighted by atomic mass is 10.1. The van der Waals surface area contributed by atoms with Crippen LogP contribution in [0.4, 0.5) is 0 Å². The summed E-state index contributed by atoms with van der Waals surface area (Å²) in [6.45, 7) is 0.678. The van der Waals surface area contributed by atoms with Crippen molar-refractivity contribution in [2.45, 2.75) is 18.3 Å². The molecule has 0 amide bonds. The molecule has 1 aromatic heterocycles. The topological polar surface area (TPSA) is 43.8 Å². The highest BCUT2D eigenvalue weighted by Gasteiger charge is 2.46. The van der Waals surface area contributed by atoms with Gasteiger partial charge in [-0.1, -0.05) is 11.6 Å². The third kappa shape index (κ3) is 1.28. The minimum Gasteiger partial charge on any atom is -0.331 e. The van der Waals surface area contributed by atoms with Crippen LogP contribution in [0.25, 0.3) is 11.0 Å². The van der Waals surface area contributed by atoms with Gasteiger partial charge in [0.05, 0.1) is 11.0 Å². The number of benzene rings is 1. The van der Waals surface area contributed by atoms with Crippen molar-refractivity contribution in [2.24, 2.45) is 12.8 Å². The van der Waals surface area contributed by atoms with E-state index < -0.39 is 0 Å². The fraction of sp³-hybridized carbons (Fsp3) is 0.417. The first-order chi connectivity index (χ1) is 7.66. The average Bonchev–Trinajstić information content (AvgIpc) is 3.00. The van der Waals surface area contributed by atoms with Crippen LogP contribution in [-0.4, -0.2) is 16.1 Å². The van der Waals surface area contributed by atoms with E-state index in [1.54, 1.807) is 0 Å². The van der Waals surface area contributed by atoms with Gasteiger partial charge in [0.2, 0.25) is 0 Å². The van der Waals surface area contributed by atoms with Crippen LogP contribution in [0.1, 0.15) is 18.7 Å². The van der Waals surface area contributed by atoms with Crippen LogP contribution in [0.2, 0.25) is 5.02 Å². The third-order valence-corrected chi connectivity index (χ3v) is 3.80. The smallest absolute Gasteiger partial charge is 0.117 e. The van der Waals surface area contributed by atoms with E-state index in [-0.39, 0.29) is 5.41 Å². The van der Waals surface area contributed by atoms with Crippen LogP contribution >= 0.6 is 11.6 Å². The highest BCUT2D eigenvalue weighted by Crippen LogP contribution is 2.47. The Bertz CT molecular complexity index is 555. The summed E-state index contributed by atoms with van der Waals surface area (Å²) in [5.74, 6) is 1.10. The van der Waals surface area contributed by atoms with E-state index in [0.717, 1.165) is 34.7 Å². The number of hydrogen-bond donors (Lipinski definition) is 1. The molecule has 0 radical (unpaired) electrons. The summed E-state index contributed by atoms with van der Waals surface area (Å²) in [6.07, 6.45) is 2.29. The Balaban J connectivity index is 2.23. The van der Waals surface area contributed by atoms with Gasteiger partial charge in [-0.3, -0.25) is 0 Å². The summed E-state index contributed by atoms with van der Waals surface area (Å²) < 4.78 is 2.14. The van der Waals surface area contributed by atoms with Gasteiger partial charge in [0.15, 0.2) is 0 Å². The fourth-order valence-electron chi connectivity index (χ4n) is 2.32. The Morgan fingerprint density at radius 1 is 1.50 bits per heavy atom. The Morgan fingerprint density at radius 3 is 2.88 bits per heavy atom. The molecule has 2 aromatic rings. The molecule has 3 rings (SSSR count). The number of aromatic nitrogens is 2. The minimum absolute atomic E-state index is 0.125. The second-order valence-corrected chi connectivity index (χ2v) is 5.05. The molecular weight excluding hydrogens is 222 g/mol. The molecule has 1 heterocycles. The van der Waals surface area contributed by atoms with Crippen molar-refractivity contribution in [2.75, 3.05) is 6.54 Å².